The first-order valence-corrected chi connectivity index (χ1v) is 39.0. The molecule has 3 aliphatic heterocycles. The molecule has 0 unspecified atom stereocenters. The largest absolute Gasteiger partial charge is 0.393 e. The molecule has 35 heteroatoms. The highest BCUT2D eigenvalue weighted by Gasteiger charge is 2.27. The van der Waals surface area contributed by atoms with Crippen molar-refractivity contribution < 1.29 is 48.9 Å². The van der Waals surface area contributed by atoms with Gasteiger partial charge in [0.1, 0.15) is 81.3 Å². The third-order valence-electron chi connectivity index (χ3n) is 15.3. The zero-order valence-corrected chi connectivity index (χ0v) is 70.4. The summed E-state index contributed by atoms with van der Waals surface area (Å²) in [5.41, 5.74) is 10.1. The smallest absolute Gasteiger partial charge is 0.271 e. The lowest BCUT2D eigenvalue weighted by Crippen LogP contribution is -2.34. The Balaban J connectivity index is 0.000000336. The van der Waals surface area contributed by atoms with Crippen molar-refractivity contribution in [2.45, 2.75) is 282 Å². The highest BCUT2D eigenvalue weighted by molar-refractivity contribution is 6.07. The fourth-order valence-electron chi connectivity index (χ4n) is 10.2. The van der Waals surface area contributed by atoms with E-state index in [4.69, 9.17) is 21.1 Å². The van der Waals surface area contributed by atoms with Crippen LogP contribution in [0.15, 0.2) is 80.3 Å². The number of aliphatic hydroxyl groups is 3. The Morgan fingerprint density at radius 3 is 1.17 bits per heavy atom. The second kappa shape index (κ2) is 49.7. The van der Waals surface area contributed by atoms with Crippen LogP contribution in [-0.2, 0) is 16.6 Å². The standard InChI is InChI=1S/C13H21N3O.C11H19N3O2.C11H17N3O.C10H17N3O2.C9H16N4O2.C9H15N3O.C8H14N2.C7H12N4O/c1-9(2)15-12-7-10(8-14-12)13(17)16-11-5-3-4-6-11;1-7(2)12-11-6-9(13-14-11)10(16)5-4-8(3)15;1-7(2)13-10-5-8(6-12-10)11(15)14-9-3-4-9;1-6(2)11-10-5-8(12-13-10)9(15)4-7(3)14;1-5(2)10-8-4-7(12-13-8)9(15)11-6(3)14;1-6(2)10-9-5-8(7(3)13)12(4)11-9;1-6(2)10-8-4-7(3)5-9-8;1-4(2)9-6-3-5(7(8)12)10-11-6/h7,9,11H,3-6,8H2,1-2H3,(H,14,15)(H,16,17);6-8,15H,4-5H2,1-3H3,(H2,12,13,14);5,7,9H,3-4,6H2,1-2H3,(H,12,13)(H,14,15);5-7,14H,4H2,1-3H3,(H2,11,12,13);4-6,14H,1-3H3,(H,11,15)(H2,10,12,13);5-6H,1-4H3,(H,10,11);4,6H,5H2,1-3H3,(H,9,10);3-4H,1-2H3,(H2,8,12)(H2,9,10,11)/t;8-;;7-;6-;;;/m.0.01.../s1. The average Bonchev–Trinajstić information content (AvgIpc) is 1.75. The number of hydrogen-bond acceptors (Lipinski definition) is 26. The summed E-state index contributed by atoms with van der Waals surface area (Å²) in [6.45, 7) is 42.7. The summed E-state index contributed by atoms with van der Waals surface area (Å²) in [4.78, 5) is 92.6. The summed E-state index contributed by atoms with van der Waals surface area (Å²) in [5.74, 6) is 5.12. The van der Waals surface area contributed by atoms with Crippen LogP contribution in [0.5, 0.6) is 0 Å². The molecule has 5 aromatic rings. The molecule has 113 heavy (non-hydrogen) atoms. The van der Waals surface area contributed by atoms with Crippen molar-refractivity contribution in [3.8, 4) is 0 Å². The van der Waals surface area contributed by atoms with E-state index in [0.29, 0.717) is 114 Å². The third kappa shape index (κ3) is 41.5. The number of carbonyl (C=O) groups is 7. The fraction of sp³-hybridized carbons (Fsp3) is 0.603. The molecular formula is C78H131N25O10. The maximum atomic E-state index is 12.0. The van der Waals surface area contributed by atoms with Crippen LogP contribution in [-0.4, -0.2) is 223 Å². The van der Waals surface area contributed by atoms with Crippen LogP contribution in [0.25, 0.3) is 0 Å². The fourth-order valence-corrected chi connectivity index (χ4v) is 10.2. The maximum absolute atomic E-state index is 12.0. The number of nitrogens with zero attached hydrogens (tertiary/aromatic N) is 9. The Morgan fingerprint density at radius 1 is 0.460 bits per heavy atom. The Hall–Kier alpha value is -10.6. The Labute approximate surface area is 665 Å². The van der Waals surface area contributed by atoms with Crippen molar-refractivity contribution in [2.75, 3.05) is 46.2 Å². The number of rotatable bonds is 28. The van der Waals surface area contributed by atoms with Crippen LogP contribution in [0.1, 0.15) is 256 Å². The van der Waals surface area contributed by atoms with Gasteiger partial charge in [-0.2, -0.15) is 25.5 Å². The molecule has 2 fully saturated rings. The zero-order valence-electron chi connectivity index (χ0n) is 70.4. The number of carbonyl (C=O) groups excluding carboxylic acids is 7. The van der Waals surface area contributed by atoms with Crippen LogP contribution in [0, 0.1) is 0 Å². The van der Waals surface area contributed by atoms with Crippen molar-refractivity contribution in [3.63, 3.8) is 0 Å². The number of primary amides is 1. The highest BCUT2D eigenvalue weighted by Crippen LogP contribution is 2.21. The van der Waals surface area contributed by atoms with E-state index < -0.39 is 24.3 Å². The number of Topliss-reactive ketones (excluding diaryl/α,β-unsaturated/α-hetero) is 3. The summed E-state index contributed by atoms with van der Waals surface area (Å²) in [6.07, 6.45) is 11.8. The van der Waals surface area contributed by atoms with Crippen molar-refractivity contribution in [1.82, 2.24) is 82.5 Å². The van der Waals surface area contributed by atoms with Crippen molar-refractivity contribution in [2.24, 2.45) is 27.8 Å². The molecular weight excluding hydrogens is 1450 g/mol. The van der Waals surface area contributed by atoms with Gasteiger partial charge in [-0.15, -0.1) is 0 Å². The molecule has 0 bridgehead atoms. The molecule has 0 radical (unpaired) electrons. The Morgan fingerprint density at radius 2 is 0.823 bits per heavy atom. The van der Waals surface area contributed by atoms with Crippen LogP contribution in [0.3, 0.4) is 0 Å². The minimum absolute atomic E-state index is 0.0230. The molecule has 0 spiro atoms. The van der Waals surface area contributed by atoms with Crippen molar-refractivity contribution in [3.05, 3.63) is 93.7 Å². The molecule has 3 atom stereocenters. The summed E-state index contributed by atoms with van der Waals surface area (Å²) in [5, 5.41) is 90.8. The van der Waals surface area contributed by atoms with Gasteiger partial charge >= 0.3 is 0 Å². The third-order valence-corrected chi connectivity index (χ3v) is 15.3. The predicted molar refractivity (Wildman–Crippen MR) is 448 cm³/mol. The molecule has 5 aliphatic rings. The number of aromatic nitrogens is 10. The second-order valence-corrected chi connectivity index (χ2v) is 30.6. The van der Waals surface area contributed by atoms with Crippen LogP contribution < -0.4 is 64.2 Å². The molecule has 0 saturated heterocycles. The van der Waals surface area contributed by atoms with Crippen molar-refractivity contribution >= 4 is 87.6 Å². The van der Waals surface area contributed by atoms with E-state index >= 15 is 0 Å². The average molecular weight is 1580 g/mol. The maximum Gasteiger partial charge on any atom is 0.271 e. The van der Waals surface area contributed by atoms with E-state index in [1.807, 2.05) is 81.4 Å². The Kier molecular flexibility index (Phi) is 42.5. The normalized spacial score (nSPS) is 14.7. The first kappa shape index (κ1) is 96.6. The minimum atomic E-state index is -0.873. The van der Waals surface area contributed by atoms with Gasteiger partial charge in [-0.25, -0.2) is 0 Å². The number of aliphatic hydroxyl groups excluding tert-OH is 3. The number of hydrogen-bond donors (Lipinski definition) is 19. The first-order valence-electron chi connectivity index (χ1n) is 39.0. The summed E-state index contributed by atoms with van der Waals surface area (Å²) in [6, 6.07) is 11.7. The quantitative estimate of drug-likeness (QED) is 0.0166. The molecule has 4 amide bonds. The molecule has 8 heterocycles. The van der Waals surface area contributed by atoms with E-state index in [0.717, 1.165) is 66.7 Å². The number of aryl methyl sites for hydroxylation is 1. The van der Waals surface area contributed by atoms with Gasteiger partial charge < -0.3 is 79.5 Å². The number of nitrogens with one attached hydrogen (secondary N) is 15. The van der Waals surface area contributed by atoms with Crippen LogP contribution >= 0.6 is 0 Å². The van der Waals surface area contributed by atoms with Gasteiger partial charge in [-0.1, -0.05) is 12.8 Å². The SMILES string of the molecule is CC(=O)c1cc(NC(C)C)nn1C.CC(C)NC1=NCC(C(=O)NC2CC2)=C1.CC(C)NC1=NCC(C(=O)NC2CCCC2)=C1.CC(C)Nc1cc(C(=O)CC[C@H](C)O)[nH]n1.CC(C)Nc1cc(C(=O)C[C@H](C)O)[nH]n1.CC(C)Nc1cc(C(=O)N[C@@H](C)O)[nH]n1.CC(C)Nc1cc(C(N)=O)[nH]n1.CC1=CC(NC(C)C)=NC1. The lowest BCUT2D eigenvalue weighted by molar-refractivity contribution is -0.118. The number of aromatic amines is 4. The van der Waals surface area contributed by atoms with Gasteiger partial charge in [0, 0.05) is 129 Å². The van der Waals surface area contributed by atoms with Gasteiger partial charge in [0.2, 0.25) is 11.8 Å². The van der Waals surface area contributed by atoms with E-state index in [2.05, 4.69) is 174 Å². The molecule has 35 nitrogen and oxygen atoms in total. The predicted octanol–water partition coefficient (Wildman–Crippen LogP) is 8.15. The summed E-state index contributed by atoms with van der Waals surface area (Å²) < 4.78 is 1.59. The lowest BCUT2D eigenvalue weighted by Gasteiger charge is -2.11. The van der Waals surface area contributed by atoms with Gasteiger partial charge in [0.25, 0.3) is 11.8 Å². The van der Waals surface area contributed by atoms with E-state index in [1.165, 1.54) is 32.3 Å². The summed E-state index contributed by atoms with van der Waals surface area (Å²) >= 11 is 0. The van der Waals surface area contributed by atoms with E-state index in [9.17, 15) is 33.6 Å². The highest BCUT2D eigenvalue weighted by atomic mass is 16.3. The topological polar surface area (TPSA) is 508 Å². The molecule has 5 aromatic heterocycles. The van der Waals surface area contributed by atoms with Gasteiger partial charge in [-0.3, -0.25) is 73.6 Å². The number of aliphatic imine (C=N–C) groups is 3. The number of nitrogens with two attached hydrogens (primary N) is 1. The van der Waals surface area contributed by atoms with Crippen LogP contribution in [0.2, 0.25) is 0 Å². The van der Waals surface area contributed by atoms with E-state index in [1.54, 1.807) is 55.9 Å². The number of anilines is 5. The molecule has 10 rings (SSSR count). The zero-order chi connectivity index (χ0) is 84.8. The van der Waals surface area contributed by atoms with Gasteiger partial charge in [0.15, 0.2) is 17.3 Å². The number of amides is 4. The molecule has 20 N–H and O–H groups in total. The summed E-state index contributed by atoms with van der Waals surface area (Å²) in [7, 11) is 1.77. The van der Waals surface area contributed by atoms with E-state index in [-0.39, 0.29) is 65.7 Å². The van der Waals surface area contributed by atoms with Crippen molar-refractivity contribution in [1.29, 1.82) is 0 Å². The first-order chi connectivity index (χ1) is 53.0. The molecule has 2 aliphatic carbocycles. The van der Waals surface area contributed by atoms with Gasteiger partial charge in [0.05, 0.1) is 31.8 Å². The number of amidine groups is 3. The molecule has 628 valence electrons. The van der Waals surface area contributed by atoms with Crippen LogP contribution in [0.4, 0.5) is 29.1 Å². The monoisotopic (exact) mass is 1580 g/mol. The minimum Gasteiger partial charge on any atom is -0.393 e. The molecule has 0 aromatic carbocycles. The lowest BCUT2D eigenvalue weighted by atomic mass is 10.1. The number of ketones is 3. The molecule has 2 saturated carbocycles. The second-order valence-electron chi connectivity index (χ2n) is 30.6. The Bertz CT molecular complexity index is 3890. The number of H-pyrrole nitrogens is 4. The van der Waals surface area contributed by atoms with Gasteiger partial charge in [-0.05, 0) is 194 Å².